The summed E-state index contributed by atoms with van der Waals surface area (Å²) in [7, 11) is 0. The largest absolute Gasteiger partial charge is 0.501 e. The highest BCUT2D eigenvalue weighted by Crippen LogP contribution is 2.45. The van der Waals surface area contributed by atoms with Crippen molar-refractivity contribution in [2.45, 2.75) is 15.4 Å². The zero-order valence-electron chi connectivity index (χ0n) is 17.8. The van der Waals surface area contributed by atoms with Crippen LogP contribution in [0.15, 0.2) is 81.1 Å². The monoisotopic (exact) mass is 514 g/mol. The first-order chi connectivity index (χ1) is 16.6. The fourth-order valence-electron chi connectivity index (χ4n) is 2.93. The third-order valence-electron chi connectivity index (χ3n) is 4.65. The van der Waals surface area contributed by atoms with Gasteiger partial charge in [-0.1, -0.05) is 36.0 Å². The number of carboxylic acid groups (broad SMARTS) is 3. The molecule has 4 N–H and O–H groups in total. The molecule has 0 aromatic heterocycles. The van der Waals surface area contributed by atoms with E-state index in [1.54, 1.807) is 48.5 Å². The number of hydrogen-bond donors (Lipinski definition) is 4. The number of carbonyl (C=O) groups is 4. The molecule has 0 amide bonds. The Morgan fingerprint density at radius 3 is 1.77 bits per heavy atom. The van der Waals surface area contributed by atoms with E-state index in [2.05, 4.69) is 0 Å². The molecular formula is C24H18O9S2. The lowest BCUT2D eigenvalue weighted by atomic mass is 10.1. The highest BCUT2D eigenvalue weighted by molar-refractivity contribution is 8.03. The Labute approximate surface area is 207 Å². The molecule has 1 atom stereocenters. The lowest BCUT2D eigenvalue weighted by Gasteiger charge is -2.25. The van der Waals surface area contributed by atoms with Gasteiger partial charge in [0.1, 0.15) is 0 Å². The van der Waals surface area contributed by atoms with E-state index in [1.165, 1.54) is 12.2 Å². The van der Waals surface area contributed by atoms with Gasteiger partial charge in [-0.05, 0) is 47.5 Å². The summed E-state index contributed by atoms with van der Waals surface area (Å²) in [6.45, 7) is 0. The average molecular weight is 515 g/mol. The molecule has 0 fully saturated rings. The predicted octanol–water partition coefficient (Wildman–Crippen LogP) is 3.92. The molecule has 2 aromatic carbocycles. The molecule has 1 heterocycles. The molecule has 1 unspecified atom stereocenters. The van der Waals surface area contributed by atoms with Crippen molar-refractivity contribution in [3.63, 3.8) is 0 Å². The van der Waals surface area contributed by atoms with Crippen LogP contribution in [0.25, 0.3) is 12.2 Å². The first-order valence-corrected chi connectivity index (χ1v) is 11.6. The summed E-state index contributed by atoms with van der Waals surface area (Å²) < 4.78 is 5.15. The van der Waals surface area contributed by atoms with Crippen molar-refractivity contribution in [3.8, 4) is 0 Å². The second kappa shape index (κ2) is 11.0. The van der Waals surface area contributed by atoms with E-state index in [0.29, 0.717) is 20.9 Å². The van der Waals surface area contributed by atoms with Crippen LogP contribution < -0.4 is 0 Å². The van der Waals surface area contributed by atoms with Crippen molar-refractivity contribution in [2.75, 3.05) is 5.75 Å². The predicted molar refractivity (Wildman–Crippen MR) is 129 cm³/mol. The molecular weight excluding hydrogens is 496 g/mol. The summed E-state index contributed by atoms with van der Waals surface area (Å²) in [5, 5.41) is 37.7. The number of thioether (sulfide) groups is 2. The van der Waals surface area contributed by atoms with Gasteiger partial charge in [-0.3, -0.25) is 0 Å². The summed E-state index contributed by atoms with van der Waals surface area (Å²) in [5.74, 6) is -5.81. The number of esters is 1. The Kier molecular flexibility index (Phi) is 8.05. The van der Waals surface area contributed by atoms with Crippen LogP contribution in [0.2, 0.25) is 0 Å². The first kappa shape index (κ1) is 25.7. The van der Waals surface area contributed by atoms with E-state index in [0.717, 1.165) is 35.7 Å². The molecule has 11 heteroatoms. The van der Waals surface area contributed by atoms with Gasteiger partial charge in [0.05, 0.1) is 10.7 Å². The van der Waals surface area contributed by atoms with E-state index >= 15 is 0 Å². The lowest BCUT2D eigenvalue weighted by Crippen LogP contribution is -2.43. The average Bonchev–Trinajstić information content (AvgIpc) is 3.07. The van der Waals surface area contributed by atoms with Crippen LogP contribution in [0.1, 0.15) is 11.1 Å². The van der Waals surface area contributed by atoms with Gasteiger partial charge in [-0.15, -0.1) is 11.8 Å². The minimum atomic E-state index is -2.12. The third-order valence-corrected chi connectivity index (χ3v) is 7.04. The van der Waals surface area contributed by atoms with E-state index in [4.69, 9.17) is 14.9 Å². The Bertz CT molecular complexity index is 1240. The number of carboxylic acids is 3. The van der Waals surface area contributed by atoms with Crippen LogP contribution in [-0.4, -0.2) is 55.7 Å². The van der Waals surface area contributed by atoms with Gasteiger partial charge in [0.15, 0.2) is 0 Å². The number of ether oxygens (including phenoxy) is 1. The van der Waals surface area contributed by atoms with Crippen LogP contribution >= 0.6 is 23.5 Å². The summed E-state index contributed by atoms with van der Waals surface area (Å²) in [6, 6.07) is 13.0. The van der Waals surface area contributed by atoms with Gasteiger partial charge < -0.3 is 25.2 Å². The normalized spacial score (nSPS) is 17.8. The quantitative estimate of drug-likeness (QED) is 0.207. The van der Waals surface area contributed by atoms with Crippen LogP contribution in [0.3, 0.4) is 0 Å². The van der Waals surface area contributed by atoms with Gasteiger partial charge in [-0.25, -0.2) is 19.2 Å². The van der Waals surface area contributed by atoms with Crippen LogP contribution in [0.4, 0.5) is 0 Å². The van der Waals surface area contributed by atoms with Crippen molar-refractivity contribution in [3.05, 3.63) is 82.5 Å². The molecule has 1 aliphatic rings. The highest BCUT2D eigenvalue weighted by atomic mass is 32.2. The van der Waals surface area contributed by atoms with E-state index < -0.39 is 35.2 Å². The van der Waals surface area contributed by atoms with Crippen molar-refractivity contribution < 1.29 is 44.3 Å². The Balaban J connectivity index is 1.81. The summed E-state index contributed by atoms with van der Waals surface area (Å²) >= 11 is 1.95. The number of aliphatic hydroxyl groups excluding tert-OH is 1. The van der Waals surface area contributed by atoms with Gasteiger partial charge in [0.25, 0.3) is 5.60 Å². The second-order valence-electron chi connectivity index (χ2n) is 7.07. The van der Waals surface area contributed by atoms with Gasteiger partial charge in [-0.2, -0.15) is 0 Å². The highest BCUT2D eigenvalue weighted by Gasteiger charge is 2.55. The molecule has 2 aromatic rings. The van der Waals surface area contributed by atoms with E-state index in [9.17, 15) is 29.4 Å². The molecule has 180 valence electrons. The molecule has 35 heavy (non-hydrogen) atoms. The molecule has 0 spiro atoms. The van der Waals surface area contributed by atoms with Crippen LogP contribution in [0, 0.1) is 0 Å². The summed E-state index contributed by atoms with van der Waals surface area (Å²) in [5.41, 5.74) is -0.900. The maximum absolute atomic E-state index is 12.3. The number of aliphatic hydroxyl groups is 1. The second-order valence-corrected chi connectivity index (χ2v) is 9.20. The minimum Gasteiger partial charge on any atom is -0.501 e. The fourth-order valence-corrected chi connectivity index (χ4v) is 5.10. The Morgan fingerprint density at radius 1 is 0.829 bits per heavy atom. The summed E-state index contributed by atoms with van der Waals surface area (Å²) in [6.07, 6.45) is 4.76. The molecule has 1 aliphatic heterocycles. The van der Waals surface area contributed by atoms with Crippen LogP contribution in [-0.2, 0) is 23.9 Å². The number of cyclic esters (lactones) is 1. The number of benzene rings is 2. The molecule has 0 bridgehead atoms. The van der Waals surface area contributed by atoms with Gasteiger partial charge >= 0.3 is 23.9 Å². The SMILES string of the molecule is O=C(O)C=Cc1ccc(SCC2(C(=O)O)OC(=O)C(O)=C2Sc2ccc(C=CC(=O)O)cc2)cc1. The number of aliphatic carboxylic acids is 3. The number of rotatable bonds is 10. The fraction of sp³-hybridized carbons (Fsp3) is 0.0833. The lowest BCUT2D eigenvalue weighted by molar-refractivity contribution is -0.165. The first-order valence-electron chi connectivity index (χ1n) is 9.84. The molecule has 0 aliphatic carbocycles. The molecule has 0 saturated carbocycles. The number of carbonyl (C=O) groups excluding carboxylic acids is 1. The van der Waals surface area contributed by atoms with Gasteiger partial charge in [0.2, 0.25) is 5.76 Å². The topological polar surface area (TPSA) is 158 Å². The van der Waals surface area contributed by atoms with Crippen LogP contribution in [0.5, 0.6) is 0 Å². The zero-order valence-corrected chi connectivity index (χ0v) is 19.4. The van der Waals surface area contributed by atoms with Crippen molar-refractivity contribution >= 4 is 59.6 Å². The van der Waals surface area contributed by atoms with Crippen molar-refractivity contribution in [1.82, 2.24) is 0 Å². The van der Waals surface area contributed by atoms with Crippen molar-refractivity contribution in [1.29, 1.82) is 0 Å². The smallest absolute Gasteiger partial charge is 0.375 e. The zero-order chi connectivity index (χ0) is 25.6. The summed E-state index contributed by atoms with van der Waals surface area (Å²) in [4.78, 5) is 46.7. The molecule has 3 rings (SSSR count). The molecule has 0 saturated heterocycles. The van der Waals surface area contributed by atoms with Gasteiger partial charge in [0, 0.05) is 21.9 Å². The maximum atomic E-state index is 12.3. The number of hydrogen-bond acceptors (Lipinski definition) is 8. The maximum Gasteiger partial charge on any atom is 0.375 e. The molecule has 9 nitrogen and oxygen atoms in total. The van der Waals surface area contributed by atoms with Crippen molar-refractivity contribution in [2.24, 2.45) is 0 Å². The Morgan fingerprint density at radius 2 is 1.31 bits per heavy atom. The minimum absolute atomic E-state index is 0.169. The standard InChI is InChI=1S/C24H18O9S2/c25-18(26)11-5-14-1-7-16(8-2-14)34-13-24(23(31)32)21(20(29)22(30)33-24)35-17-9-3-15(4-10-17)6-12-19(27)28/h1-12,29H,13H2,(H,25,26)(H,27,28)(H,31,32). The van der Waals surface area contributed by atoms with E-state index in [1.807, 2.05) is 0 Å². The molecule has 0 radical (unpaired) electrons. The Hall–Kier alpha value is -3.96. The van der Waals surface area contributed by atoms with E-state index in [-0.39, 0.29) is 10.7 Å². The third kappa shape index (κ3) is 6.34.